The van der Waals surface area contributed by atoms with Crippen LogP contribution in [-0.4, -0.2) is 19.9 Å². The average Bonchev–Trinajstić information content (AvgIpc) is 3.01. The van der Waals surface area contributed by atoms with Crippen LogP contribution in [0.4, 0.5) is 0 Å². The molecule has 0 bridgehead atoms. The van der Waals surface area contributed by atoms with E-state index in [0.29, 0.717) is 5.69 Å². The molecule has 0 atom stereocenters. The van der Waals surface area contributed by atoms with Crippen molar-refractivity contribution in [1.82, 2.24) is 14.8 Å². The fraction of sp³-hybridized carbons (Fsp3) is 0.133. The van der Waals surface area contributed by atoms with Crippen LogP contribution >= 0.6 is 11.6 Å². The Morgan fingerprint density at radius 2 is 2.20 bits per heavy atom. The summed E-state index contributed by atoms with van der Waals surface area (Å²) in [5.74, 6) is 0. The Labute approximate surface area is 121 Å². The molecule has 0 radical (unpaired) electrons. The van der Waals surface area contributed by atoms with Crippen molar-refractivity contribution in [3.63, 3.8) is 0 Å². The van der Waals surface area contributed by atoms with Crippen LogP contribution in [0.3, 0.4) is 0 Å². The number of hydrogen-bond donors (Lipinski definition) is 2. The number of nitrogens with zero attached hydrogens (tertiary/aromatic N) is 2. The number of halogens is 1. The number of aromatic amines is 1. The molecule has 102 valence electrons. The summed E-state index contributed by atoms with van der Waals surface area (Å²) in [6.45, 7) is -0.0370. The van der Waals surface area contributed by atoms with Crippen molar-refractivity contribution < 1.29 is 5.11 Å². The number of nitrogens with one attached hydrogen (secondary N) is 1. The van der Waals surface area contributed by atoms with Crippen molar-refractivity contribution >= 4 is 34.7 Å². The summed E-state index contributed by atoms with van der Waals surface area (Å²) < 4.78 is 2.06. The monoisotopic (exact) mass is 287 g/mol. The summed E-state index contributed by atoms with van der Waals surface area (Å²) in [6, 6.07) is 7.67. The molecular weight excluding hydrogens is 274 g/mol. The van der Waals surface area contributed by atoms with E-state index in [0.717, 1.165) is 27.2 Å². The first-order chi connectivity index (χ1) is 9.67. The van der Waals surface area contributed by atoms with E-state index >= 15 is 0 Å². The topological polar surface area (TPSA) is 53.8 Å². The fourth-order valence-electron chi connectivity index (χ4n) is 2.25. The second-order valence-electron chi connectivity index (χ2n) is 4.67. The minimum atomic E-state index is -0.0370. The van der Waals surface area contributed by atoms with Gasteiger partial charge >= 0.3 is 0 Å². The van der Waals surface area contributed by atoms with E-state index in [-0.39, 0.29) is 6.61 Å². The second-order valence-corrected chi connectivity index (χ2v) is 5.10. The molecule has 0 unspecified atom stereocenters. The molecule has 4 nitrogen and oxygen atoms in total. The van der Waals surface area contributed by atoms with Crippen LogP contribution in [0.25, 0.3) is 23.1 Å². The van der Waals surface area contributed by atoms with E-state index in [9.17, 15) is 0 Å². The van der Waals surface area contributed by atoms with Crippen molar-refractivity contribution in [2.45, 2.75) is 6.61 Å². The third-order valence-corrected chi connectivity index (χ3v) is 3.47. The third kappa shape index (κ3) is 2.35. The van der Waals surface area contributed by atoms with Gasteiger partial charge < -0.3 is 9.67 Å². The Morgan fingerprint density at radius 1 is 1.35 bits per heavy atom. The smallest absolute Gasteiger partial charge is 0.0852 e. The van der Waals surface area contributed by atoms with Crippen LogP contribution in [-0.2, 0) is 13.7 Å². The molecule has 2 N–H and O–H groups in total. The van der Waals surface area contributed by atoms with Gasteiger partial charge in [0.05, 0.1) is 18.0 Å². The molecule has 2 aromatic heterocycles. The number of H-pyrrole nitrogens is 1. The average molecular weight is 288 g/mol. The van der Waals surface area contributed by atoms with Crippen LogP contribution in [0.15, 0.2) is 30.5 Å². The van der Waals surface area contributed by atoms with Gasteiger partial charge in [-0.3, -0.25) is 5.10 Å². The zero-order valence-electron chi connectivity index (χ0n) is 11.0. The van der Waals surface area contributed by atoms with E-state index < -0.39 is 0 Å². The summed E-state index contributed by atoms with van der Waals surface area (Å²) in [5.41, 5.74) is 3.70. The molecule has 20 heavy (non-hydrogen) atoms. The number of fused-ring (bicyclic) bond motifs is 1. The van der Waals surface area contributed by atoms with Gasteiger partial charge in [0, 0.05) is 34.7 Å². The maximum absolute atomic E-state index is 9.00. The Bertz CT molecular complexity index is 786. The number of hydrogen-bond acceptors (Lipinski definition) is 2. The summed E-state index contributed by atoms with van der Waals surface area (Å²) in [7, 11) is 2.01. The molecule has 0 fully saturated rings. The molecule has 1 aromatic carbocycles. The lowest BCUT2D eigenvalue weighted by Crippen LogP contribution is -1.82. The standard InChI is InChI=1S/C15H14ClN3O/c1-19-8-10(14-6-11(16)3-5-15(14)19)2-4-12-7-13(9-20)18-17-12/h2-8,20H,9H2,1H3,(H,17,18)/b4-2+. The Hall–Kier alpha value is -2.04. The van der Waals surface area contributed by atoms with E-state index in [1.165, 1.54) is 0 Å². The summed E-state index contributed by atoms with van der Waals surface area (Å²) >= 11 is 6.06. The van der Waals surface area contributed by atoms with Crippen LogP contribution in [0, 0.1) is 0 Å². The molecule has 0 spiro atoms. The molecule has 5 heteroatoms. The van der Waals surface area contributed by atoms with Crippen molar-refractivity contribution in [3.8, 4) is 0 Å². The number of rotatable bonds is 3. The summed E-state index contributed by atoms with van der Waals surface area (Å²) in [6.07, 6.45) is 5.96. The van der Waals surface area contributed by atoms with E-state index in [2.05, 4.69) is 21.0 Å². The van der Waals surface area contributed by atoms with Crippen LogP contribution in [0.5, 0.6) is 0 Å². The zero-order valence-corrected chi connectivity index (χ0v) is 11.7. The van der Waals surface area contributed by atoms with Gasteiger partial charge in [0.1, 0.15) is 0 Å². The molecule has 0 saturated carbocycles. The van der Waals surface area contributed by atoms with Crippen molar-refractivity contribution in [3.05, 3.63) is 52.4 Å². The lowest BCUT2D eigenvalue weighted by Gasteiger charge is -1.95. The minimum Gasteiger partial charge on any atom is -0.390 e. The number of aliphatic hydroxyl groups is 1. The maximum Gasteiger partial charge on any atom is 0.0852 e. The number of aliphatic hydroxyl groups excluding tert-OH is 1. The zero-order chi connectivity index (χ0) is 14.1. The molecule has 0 aliphatic carbocycles. The lowest BCUT2D eigenvalue weighted by atomic mass is 10.1. The third-order valence-electron chi connectivity index (χ3n) is 3.24. The van der Waals surface area contributed by atoms with Crippen molar-refractivity contribution in [2.24, 2.45) is 7.05 Å². The molecule has 0 aliphatic rings. The number of aryl methyl sites for hydroxylation is 1. The highest BCUT2D eigenvalue weighted by molar-refractivity contribution is 6.31. The van der Waals surface area contributed by atoms with Gasteiger partial charge in [-0.2, -0.15) is 5.10 Å². The molecule has 3 rings (SSSR count). The summed E-state index contributed by atoms with van der Waals surface area (Å²) in [5, 5.41) is 17.7. The molecular formula is C15H14ClN3O. The van der Waals surface area contributed by atoms with Crippen LogP contribution in [0.1, 0.15) is 17.0 Å². The van der Waals surface area contributed by atoms with Gasteiger partial charge in [0.15, 0.2) is 0 Å². The van der Waals surface area contributed by atoms with Crippen molar-refractivity contribution in [1.29, 1.82) is 0 Å². The van der Waals surface area contributed by atoms with E-state index in [4.69, 9.17) is 16.7 Å². The van der Waals surface area contributed by atoms with E-state index in [1.54, 1.807) is 0 Å². The fourth-order valence-corrected chi connectivity index (χ4v) is 2.42. The van der Waals surface area contributed by atoms with E-state index in [1.807, 2.05) is 43.5 Å². The Kier molecular flexibility index (Phi) is 3.34. The maximum atomic E-state index is 9.00. The van der Waals surface area contributed by atoms with Gasteiger partial charge in [-0.05, 0) is 30.3 Å². The van der Waals surface area contributed by atoms with Crippen LogP contribution in [0.2, 0.25) is 5.02 Å². The minimum absolute atomic E-state index is 0.0370. The Morgan fingerprint density at radius 3 is 2.95 bits per heavy atom. The predicted molar refractivity (Wildman–Crippen MR) is 81.4 cm³/mol. The lowest BCUT2D eigenvalue weighted by molar-refractivity contribution is 0.276. The molecule has 2 heterocycles. The number of aromatic nitrogens is 3. The largest absolute Gasteiger partial charge is 0.390 e. The molecule has 0 aliphatic heterocycles. The highest BCUT2D eigenvalue weighted by Crippen LogP contribution is 2.25. The van der Waals surface area contributed by atoms with Gasteiger partial charge in [-0.15, -0.1) is 0 Å². The first-order valence-corrected chi connectivity index (χ1v) is 6.63. The first kappa shape index (κ1) is 13.0. The van der Waals surface area contributed by atoms with Gasteiger partial charge in [-0.1, -0.05) is 17.7 Å². The van der Waals surface area contributed by atoms with Crippen molar-refractivity contribution in [2.75, 3.05) is 0 Å². The highest BCUT2D eigenvalue weighted by Gasteiger charge is 2.05. The molecule has 0 saturated heterocycles. The van der Waals surface area contributed by atoms with Gasteiger partial charge in [0.2, 0.25) is 0 Å². The van der Waals surface area contributed by atoms with Gasteiger partial charge in [-0.25, -0.2) is 0 Å². The van der Waals surface area contributed by atoms with Gasteiger partial charge in [0.25, 0.3) is 0 Å². The highest BCUT2D eigenvalue weighted by atomic mass is 35.5. The quantitative estimate of drug-likeness (QED) is 0.777. The predicted octanol–water partition coefficient (Wildman–Crippen LogP) is 3.22. The Balaban J connectivity index is 1.99. The molecule has 3 aromatic rings. The SMILES string of the molecule is Cn1cc(/C=C/c2cc(CO)[nH]n2)c2cc(Cl)ccc21. The normalized spacial score (nSPS) is 11.8. The summed E-state index contributed by atoms with van der Waals surface area (Å²) in [4.78, 5) is 0. The second kappa shape index (κ2) is 5.15. The van der Waals surface area contributed by atoms with Crippen LogP contribution < -0.4 is 0 Å². The first-order valence-electron chi connectivity index (χ1n) is 6.25. The number of benzene rings is 1. The molecule has 0 amide bonds.